The highest BCUT2D eigenvalue weighted by atomic mass is 16.4. The summed E-state index contributed by atoms with van der Waals surface area (Å²) in [5.74, 6) is -4.69. The number of carbonyl (C=O) groups is 6. The quantitative estimate of drug-likeness (QED) is 0.149. The molecule has 1 aromatic carbocycles. The summed E-state index contributed by atoms with van der Waals surface area (Å²) in [6.45, 7) is 0.897. The SMILES string of the molecule is NC(=O)c1ccc(NC(=O)CNC(=O)CN2CCN(CC(=O)O)CCN(CC(=O)O)CCN(CC(=O)O)CC2)cc1. The zero-order valence-electron chi connectivity index (χ0n) is 22.7. The number of primary amides is 1. The molecule has 1 heterocycles. The van der Waals surface area contributed by atoms with Crippen LogP contribution < -0.4 is 16.4 Å². The van der Waals surface area contributed by atoms with Crippen LogP contribution >= 0.6 is 0 Å². The molecule has 0 aromatic heterocycles. The predicted octanol–water partition coefficient (Wildman–Crippen LogP) is -2.68. The van der Waals surface area contributed by atoms with Gasteiger partial charge in [0.25, 0.3) is 0 Å². The van der Waals surface area contributed by atoms with Crippen LogP contribution in [-0.2, 0) is 24.0 Å². The van der Waals surface area contributed by atoms with Crippen molar-refractivity contribution >= 4 is 41.3 Å². The molecular weight excluding hydrogens is 542 g/mol. The predicted molar refractivity (Wildman–Crippen MR) is 145 cm³/mol. The number of carbonyl (C=O) groups excluding carboxylic acids is 3. The summed E-state index contributed by atoms with van der Waals surface area (Å²) < 4.78 is 0. The van der Waals surface area contributed by atoms with Crippen LogP contribution in [0.15, 0.2) is 24.3 Å². The first kappa shape index (κ1) is 33.1. The van der Waals surface area contributed by atoms with Crippen LogP contribution in [0.3, 0.4) is 0 Å². The van der Waals surface area contributed by atoms with Gasteiger partial charge in [-0.1, -0.05) is 0 Å². The molecule has 1 saturated heterocycles. The molecule has 3 amide bonds. The van der Waals surface area contributed by atoms with Gasteiger partial charge in [-0.15, -0.1) is 0 Å². The van der Waals surface area contributed by atoms with Gasteiger partial charge in [-0.05, 0) is 24.3 Å². The number of nitrogens with one attached hydrogen (secondary N) is 2. The molecular formula is C25H37N7O9. The third-order valence-electron chi connectivity index (χ3n) is 6.27. The number of rotatable bonds is 12. The Balaban J connectivity index is 2.01. The Morgan fingerprint density at radius 2 is 0.976 bits per heavy atom. The molecule has 0 aliphatic carbocycles. The molecule has 1 aromatic rings. The average molecular weight is 580 g/mol. The molecule has 0 bridgehead atoms. The molecule has 0 radical (unpaired) electrons. The summed E-state index contributed by atoms with van der Waals surface area (Å²) in [6, 6.07) is 5.92. The van der Waals surface area contributed by atoms with E-state index in [1.807, 2.05) is 0 Å². The zero-order valence-corrected chi connectivity index (χ0v) is 22.7. The van der Waals surface area contributed by atoms with Crippen molar-refractivity contribution in [2.75, 3.05) is 90.4 Å². The van der Waals surface area contributed by atoms with Gasteiger partial charge in [0, 0.05) is 63.6 Å². The van der Waals surface area contributed by atoms with Crippen molar-refractivity contribution in [1.29, 1.82) is 0 Å². The van der Waals surface area contributed by atoms with Gasteiger partial charge in [0.1, 0.15) is 0 Å². The maximum Gasteiger partial charge on any atom is 0.317 e. The van der Waals surface area contributed by atoms with E-state index in [4.69, 9.17) is 5.73 Å². The molecule has 41 heavy (non-hydrogen) atoms. The van der Waals surface area contributed by atoms with Crippen LogP contribution in [0.25, 0.3) is 0 Å². The van der Waals surface area contributed by atoms with Crippen molar-refractivity contribution in [2.24, 2.45) is 5.73 Å². The molecule has 1 fully saturated rings. The van der Waals surface area contributed by atoms with Crippen LogP contribution in [0, 0.1) is 0 Å². The fourth-order valence-electron chi connectivity index (χ4n) is 4.15. The Hall–Kier alpha value is -4.12. The Bertz CT molecular complexity index is 1050. The Morgan fingerprint density at radius 3 is 1.32 bits per heavy atom. The third kappa shape index (κ3) is 13.7. The molecule has 16 nitrogen and oxygen atoms in total. The average Bonchev–Trinajstić information content (AvgIpc) is 2.88. The highest BCUT2D eigenvalue weighted by Gasteiger charge is 2.21. The molecule has 16 heteroatoms. The van der Waals surface area contributed by atoms with E-state index in [9.17, 15) is 44.1 Å². The van der Waals surface area contributed by atoms with Gasteiger partial charge in [0.15, 0.2) is 0 Å². The smallest absolute Gasteiger partial charge is 0.317 e. The fraction of sp³-hybridized carbons (Fsp3) is 0.520. The van der Waals surface area contributed by atoms with Gasteiger partial charge in [-0.2, -0.15) is 0 Å². The second kappa shape index (κ2) is 16.9. The minimum absolute atomic E-state index is 0.118. The van der Waals surface area contributed by atoms with Crippen LogP contribution in [0.2, 0.25) is 0 Å². The fourth-order valence-corrected chi connectivity index (χ4v) is 4.15. The van der Waals surface area contributed by atoms with E-state index in [2.05, 4.69) is 10.6 Å². The molecule has 0 atom stereocenters. The number of hydrogen-bond acceptors (Lipinski definition) is 10. The monoisotopic (exact) mass is 579 g/mol. The lowest BCUT2D eigenvalue weighted by Crippen LogP contribution is -2.50. The number of nitrogens with two attached hydrogens (primary N) is 1. The van der Waals surface area contributed by atoms with Crippen LogP contribution in [0.5, 0.6) is 0 Å². The second-order valence-corrected chi connectivity index (χ2v) is 9.55. The Morgan fingerprint density at radius 1 is 0.610 bits per heavy atom. The van der Waals surface area contributed by atoms with Crippen LogP contribution in [0.1, 0.15) is 10.4 Å². The lowest BCUT2D eigenvalue weighted by molar-refractivity contribution is -0.140. The van der Waals surface area contributed by atoms with Crippen molar-refractivity contribution in [3.05, 3.63) is 29.8 Å². The second-order valence-electron chi connectivity index (χ2n) is 9.55. The van der Waals surface area contributed by atoms with Gasteiger partial charge < -0.3 is 31.7 Å². The summed E-state index contributed by atoms with van der Waals surface area (Å²) in [6.07, 6.45) is 0. The zero-order chi connectivity index (χ0) is 30.4. The number of nitrogens with zero attached hydrogens (tertiary/aromatic N) is 4. The van der Waals surface area contributed by atoms with Gasteiger partial charge in [-0.25, -0.2) is 0 Å². The molecule has 0 spiro atoms. The van der Waals surface area contributed by atoms with Gasteiger partial charge >= 0.3 is 17.9 Å². The highest BCUT2D eigenvalue weighted by Crippen LogP contribution is 2.09. The van der Waals surface area contributed by atoms with Gasteiger partial charge in [0.05, 0.1) is 32.7 Å². The molecule has 1 aliphatic rings. The van der Waals surface area contributed by atoms with Gasteiger partial charge in [0.2, 0.25) is 17.7 Å². The summed E-state index contributed by atoms with van der Waals surface area (Å²) in [4.78, 5) is 76.8. The lowest BCUT2D eigenvalue weighted by Gasteiger charge is -2.32. The van der Waals surface area contributed by atoms with E-state index in [0.29, 0.717) is 5.69 Å². The van der Waals surface area contributed by atoms with Crippen molar-refractivity contribution < 1.29 is 44.1 Å². The van der Waals surface area contributed by atoms with Crippen molar-refractivity contribution in [1.82, 2.24) is 24.9 Å². The lowest BCUT2D eigenvalue weighted by atomic mass is 10.2. The first-order chi connectivity index (χ1) is 19.4. The Labute approximate surface area is 236 Å². The summed E-state index contributed by atoms with van der Waals surface area (Å²) in [5.41, 5.74) is 5.89. The highest BCUT2D eigenvalue weighted by molar-refractivity contribution is 5.96. The van der Waals surface area contributed by atoms with E-state index in [0.717, 1.165) is 0 Å². The van der Waals surface area contributed by atoms with E-state index >= 15 is 0 Å². The third-order valence-corrected chi connectivity index (χ3v) is 6.27. The van der Waals surface area contributed by atoms with E-state index in [1.54, 1.807) is 19.6 Å². The van der Waals surface area contributed by atoms with E-state index in [-0.39, 0.29) is 90.6 Å². The number of benzene rings is 1. The molecule has 7 N–H and O–H groups in total. The number of hydrogen-bond donors (Lipinski definition) is 6. The Kier molecular flexibility index (Phi) is 13.6. The normalized spacial score (nSPS) is 16.6. The topological polar surface area (TPSA) is 226 Å². The molecule has 226 valence electrons. The first-order valence-electron chi connectivity index (χ1n) is 12.9. The first-order valence-corrected chi connectivity index (χ1v) is 12.9. The molecule has 2 rings (SSSR count). The number of anilines is 1. The van der Waals surface area contributed by atoms with E-state index in [1.165, 1.54) is 24.3 Å². The molecule has 0 unspecified atom stereocenters. The minimum atomic E-state index is -1.05. The maximum atomic E-state index is 12.7. The van der Waals surface area contributed by atoms with Crippen molar-refractivity contribution in [3.8, 4) is 0 Å². The van der Waals surface area contributed by atoms with E-state index < -0.39 is 35.6 Å². The maximum absolute atomic E-state index is 12.7. The number of aliphatic carboxylic acids is 3. The van der Waals surface area contributed by atoms with Crippen molar-refractivity contribution in [2.45, 2.75) is 0 Å². The largest absolute Gasteiger partial charge is 0.480 e. The van der Waals surface area contributed by atoms with Crippen LogP contribution in [-0.4, -0.2) is 156 Å². The summed E-state index contributed by atoms with van der Waals surface area (Å²) >= 11 is 0. The number of carboxylic acid groups (broad SMARTS) is 3. The molecule has 0 saturated carbocycles. The van der Waals surface area contributed by atoms with Crippen LogP contribution in [0.4, 0.5) is 5.69 Å². The van der Waals surface area contributed by atoms with Gasteiger partial charge in [-0.3, -0.25) is 48.4 Å². The summed E-state index contributed by atoms with van der Waals surface area (Å²) in [5, 5.41) is 33.0. The minimum Gasteiger partial charge on any atom is -0.480 e. The number of carboxylic acids is 3. The standard InChI is InChI=1S/C25H37N7O9/c26-25(41)18-1-3-19(4-2-18)28-20(33)13-27-21(34)14-29-5-7-30(15-22(35)36)9-11-32(17-24(39)40)12-10-31(8-6-29)16-23(37)38/h1-4H,5-17H2,(H2,26,41)(H,27,34)(H,28,33)(H,35,36)(H,37,38)(H,39,40). The molecule has 1 aliphatic heterocycles. The van der Waals surface area contributed by atoms with Crippen molar-refractivity contribution in [3.63, 3.8) is 0 Å². The summed E-state index contributed by atoms with van der Waals surface area (Å²) in [7, 11) is 0. The number of amides is 3.